The Hall–Kier alpha value is -1.13. The quantitative estimate of drug-likeness (QED) is 0.865. The molecule has 18 heavy (non-hydrogen) atoms. The van der Waals surface area contributed by atoms with Crippen molar-refractivity contribution in [3.8, 4) is 0 Å². The summed E-state index contributed by atoms with van der Waals surface area (Å²) < 4.78 is 5.15. The van der Waals surface area contributed by atoms with E-state index in [2.05, 4.69) is 31.1 Å². The summed E-state index contributed by atoms with van der Waals surface area (Å²) in [4.78, 5) is 5.87. The highest BCUT2D eigenvalue weighted by Gasteiger charge is 2.17. The molecule has 0 amide bonds. The average Bonchev–Trinajstić information content (AvgIpc) is 2.94. The van der Waals surface area contributed by atoms with Gasteiger partial charge in [-0.25, -0.2) is 4.98 Å². The van der Waals surface area contributed by atoms with E-state index in [4.69, 9.17) is 4.42 Å². The van der Waals surface area contributed by atoms with Crippen LogP contribution in [0.4, 0.5) is 0 Å². The Balaban J connectivity index is 2.16. The number of nitrogens with zero attached hydrogens (tertiary/aromatic N) is 1. The maximum Gasteiger partial charge on any atom is 0.0935 e. The Kier molecular flexibility index (Phi) is 4.55. The van der Waals surface area contributed by atoms with E-state index in [1.807, 2.05) is 12.3 Å². The number of thiazole rings is 1. The minimum atomic E-state index is 0.341. The van der Waals surface area contributed by atoms with Crippen molar-refractivity contribution in [1.82, 2.24) is 10.3 Å². The van der Waals surface area contributed by atoms with E-state index in [-0.39, 0.29) is 0 Å². The fourth-order valence-corrected chi connectivity index (χ4v) is 3.09. The van der Waals surface area contributed by atoms with Gasteiger partial charge in [0.05, 0.1) is 23.2 Å². The van der Waals surface area contributed by atoms with Crippen molar-refractivity contribution in [2.45, 2.75) is 39.7 Å². The SMILES string of the molecule is CCCNC(Cc1ccoc1)c1sc(C)nc1C. The van der Waals surface area contributed by atoms with E-state index in [9.17, 15) is 0 Å². The molecule has 0 spiro atoms. The zero-order valence-corrected chi connectivity index (χ0v) is 12.0. The monoisotopic (exact) mass is 264 g/mol. The van der Waals surface area contributed by atoms with Gasteiger partial charge in [-0.2, -0.15) is 0 Å². The van der Waals surface area contributed by atoms with Crippen LogP contribution in [0.1, 0.15) is 40.5 Å². The lowest BCUT2D eigenvalue weighted by atomic mass is 10.1. The molecule has 98 valence electrons. The minimum absolute atomic E-state index is 0.341. The first-order chi connectivity index (χ1) is 8.70. The summed E-state index contributed by atoms with van der Waals surface area (Å²) in [6.45, 7) is 7.37. The molecular weight excluding hydrogens is 244 g/mol. The average molecular weight is 264 g/mol. The minimum Gasteiger partial charge on any atom is -0.472 e. The topological polar surface area (TPSA) is 38.1 Å². The first kappa shape index (κ1) is 13.3. The third kappa shape index (κ3) is 3.21. The van der Waals surface area contributed by atoms with Gasteiger partial charge in [0.25, 0.3) is 0 Å². The highest BCUT2D eigenvalue weighted by Crippen LogP contribution is 2.27. The van der Waals surface area contributed by atoms with Crippen molar-refractivity contribution in [3.05, 3.63) is 39.7 Å². The fraction of sp³-hybridized carbons (Fsp3) is 0.500. The lowest BCUT2D eigenvalue weighted by Gasteiger charge is -2.16. The van der Waals surface area contributed by atoms with Crippen molar-refractivity contribution >= 4 is 11.3 Å². The number of furan rings is 1. The van der Waals surface area contributed by atoms with Crippen LogP contribution in [0.25, 0.3) is 0 Å². The summed E-state index contributed by atoms with van der Waals surface area (Å²) in [6, 6.07) is 2.37. The van der Waals surface area contributed by atoms with E-state index in [0.717, 1.165) is 30.1 Å². The second-order valence-corrected chi connectivity index (χ2v) is 5.76. The van der Waals surface area contributed by atoms with E-state index in [0.29, 0.717) is 6.04 Å². The van der Waals surface area contributed by atoms with Crippen LogP contribution < -0.4 is 5.32 Å². The fourth-order valence-electron chi connectivity index (χ4n) is 2.09. The maximum absolute atomic E-state index is 5.15. The standard InChI is InChI=1S/C14H20N2OS/c1-4-6-15-13(8-12-5-7-17-9-12)14-10(2)16-11(3)18-14/h5,7,9,13,15H,4,6,8H2,1-3H3. The highest BCUT2D eigenvalue weighted by atomic mass is 32.1. The van der Waals surface area contributed by atoms with Gasteiger partial charge in [0, 0.05) is 10.9 Å². The van der Waals surface area contributed by atoms with Crippen LogP contribution in [0.2, 0.25) is 0 Å². The molecule has 4 heteroatoms. The molecule has 1 atom stereocenters. The Labute approximate surface area is 112 Å². The Morgan fingerprint density at radius 2 is 2.28 bits per heavy atom. The van der Waals surface area contributed by atoms with Crippen LogP contribution in [-0.4, -0.2) is 11.5 Å². The maximum atomic E-state index is 5.15. The summed E-state index contributed by atoms with van der Waals surface area (Å²) >= 11 is 1.79. The molecule has 0 bridgehead atoms. The van der Waals surface area contributed by atoms with Crippen LogP contribution >= 0.6 is 11.3 Å². The van der Waals surface area contributed by atoms with E-state index < -0.39 is 0 Å². The molecule has 0 radical (unpaired) electrons. The van der Waals surface area contributed by atoms with Crippen LogP contribution in [0.5, 0.6) is 0 Å². The van der Waals surface area contributed by atoms with Crippen LogP contribution in [0.3, 0.4) is 0 Å². The second-order valence-electron chi connectivity index (χ2n) is 4.52. The molecule has 0 saturated heterocycles. The van der Waals surface area contributed by atoms with Gasteiger partial charge >= 0.3 is 0 Å². The third-order valence-corrected chi connectivity index (χ3v) is 4.10. The normalized spacial score (nSPS) is 12.8. The molecule has 0 aliphatic carbocycles. The van der Waals surface area contributed by atoms with Gasteiger partial charge in [0.2, 0.25) is 0 Å². The summed E-state index contributed by atoms with van der Waals surface area (Å²) in [5.41, 5.74) is 2.38. The molecule has 0 fully saturated rings. The molecule has 1 N–H and O–H groups in total. The lowest BCUT2D eigenvalue weighted by molar-refractivity contribution is 0.524. The lowest BCUT2D eigenvalue weighted by Crippen LogP contribution is -2.23. The molecule has 2 rings (SSSR count). The van der Waals surface area contributed by atoms with Gasteiger partial charge < -0.3 is 9.73 Å². The van der Waals surface area contributed by atoms with Crippen LogP contribution in [0, 0.1) is 13.8 Å². The zero-order valence-electron chi connectivity index (χ0n) is 11.2. The number of aromatic nitrogens is 1. The van der Waals surface area contributed by atoms with Gasteiger partial charge in [-0.3, -0.25) is 0 Å². The van der Waals surface area contributed by atoms with Crippen LogP contribution in [0.15, 0.2) is 23.0 Å². The highest BCUT2D eigenvalue weighted by molar-refractivity contribution is 7.11. The second kappa shape index (κ2) is 6.16. The number of nitrogens with one attached hydrogen (secondary N) is 1. The van der Waals surface area contributed by atoms with Crippen molar-refractivity contribution in [3.63, 3.8) is 0 Å². The molecule has 3 nitrogen and oxygen atoms in total. The number of rotatable bonds is 6. The molecule has 2 aromatic rings. The molecule has 1 unspecified atom stereocenters. The summed E-state index contributed by atoms with van der Waals surface area (Å²) in [7, 11) is 0. The Morgan fingerprint density at radius 3 is 2.83 bits per heavy atom. The first-order valence-corrected chi connectivity index (χ1v) is 7.20. The predicted octanol–water partition coefficient (Wildman–Crippen LogP) is 3.64. The zero-order chi connectivity index (χ0) is 13.0. The number of aryl methyl sites for hydroxylation is 2. The van der Waals surface area contributed by atoms with Crippen LogP contribution in [-0.2, 0) is 6.42 Å². The number of hydrogen-bond acceptors (Lipinski definition) is 4. The van der Waals surface area contributed by atoms with Gasteiger partial charge in [-0.15, -0.1) is 11.3 Å². The smallest absolute Gasteiger partial charge is 0.0935 e. The molecule has 0 aliphatic rings. The van der Waals surface area contributed by atoms with E-state index in [1.165, 1.54) is 10.4 Å². The van der Waals surface area contributed by atoms with Crippen molar-refractivity contribution in [1.29, 1.82) is 0 Å². The van der Waals surface area contributed by atoms with Crippen molar-refractivity contribution in [2.75, 3.05) is 6.54 Å². The summed E-state index contributed by atoms with van der Waals surface area (Å²) in [5.74, 6) is 0. The van der Waals surface area contributed by atoms with Gasteiger partial charge in [0.15, 0.2) is 0 Å². The molecule has 2 heterocycles. The van der Waals surface area contributed by atoms with Crippen molar-refractivity contribution < 1.29 is 4.42 Å². The summed E-state index contributed by atoms with van der Waals surface area (Å²) in [5, 5.41) is 4.74. The number of hydrogen-bond donors (Lipinski definition) is 1. The van der Waals surface area contributed by atoms with Crippen molar-refractivity contribution in [2.24, 2.45) is 0 Å². The van der Waals surface area contributed by atoms with E-state index >= 15 is 0 Å². The Bertz CT molecular complexity index is 476. The Morgan fingerprint density at radius 1 is 1.44 bits per heavy atom. The molecule has 2 aromatic heterocycles. The molecule has 0 aromatic carbocycles. The summed E-state index contributed by atoms with van der Waals surface area (Å²) in [6.07, 6.45) is 5.65. The molecule has 0 saturated carbocycles. The third-order valence-electron chi connectivity index (χ3n) is 2.92. The largest absolute Gasteiger partial charge is 0.472 e. The van der Waals surface area contributed by atoms with E-state index in [1.54, 1.807) is 17.6 Å². The predicted molar refractivity (Wildman–Crippen MR) is 75.0 cm³/mol. The van der Waals surface area contributed by atoms with Gasteiger partial charge in [-0.1, -0.05) is 6.92 Å². The molecular formula is C14H20N2OS. The molecule has 0 aliphatic heterocycles. The first-order valence-electron chi connectivity index (χ1n) is 6.39. The van der Waals surface area contributed by atoms with Gasteiger partial charge in [-0.05, 0) is 44.9 Å². The van der Waals surface area contributed by atoms with Gasteiger partial charge in [0.1, 0.15) is 0 Å².